The minimum atomic E-state index is -3.48. The van der Waals surface area contributed by atoms with Gasteiger partial charge in [-0.3, -0.25) is 0 Å². The predicted octanol–water partition coefficient (Wildman–Crippen LogP) is 2.76. The van der Waals surface area contributed by atoms with Crippen molar-refractivity contribution in [2.24, 2.45) is 5.92 Å². The fourth-order valence-corrected chi connectivity index (χ4v) is 4.18. The van der Waals surface area contributed by atoms with E-state index < -0.39 is 10.0 Å². The van der Waals surface area contributed by atoms with Gasteiger partial charge in [0.05, 0.1) is 4.90 Å². The smallest absolute Gasteiger partial charge is 0.241 e. The molecule has 5 nitrogen and oxygen atoms in total. The summed E-state index contributed by atoms with van der Waals surface area (Å²) in [7, 11) is -3.48. The highest BCUT2D eigenvalue weighted by Crippen LogP contribution is 2.24. The zero-order valence-corrected chi connectivity index (χ0v) is 13.6. The van der Waals surface area contributed by atoms with Crippen molar-refractivity contribution in [3.05, 3.63) is 18.3 Å². The Hall–Kier alpha value is -1.14. The number of nitrogens with zero attached hydrogens (tertiary/aromatic N) is 1. The van der Waals surface area contributed by atoms with Gasteiger partial charge < -0.3 is 5.32 Å². The fourth-order valence-electron chi connectivity index (χ4n) is 2.79. The zero-order valence-electron chi connectivity index (χ0n) is 12.8. The van der Waals surface area contributed by atoms with Gasteiger partial charge in [0.15, 0.2) is 0 Å². The molecule has 0 amide bonds. The van der Waals surface area contributed by atoms with E-state index in [9.17, 15) is 8.42 Å². The van der Waals surface area contributed by atoms with Crippen LogP contribution in [-0.4, -0.2) is 26.0 Å². The maximum Gasteiger partial charge on any atom is 0.241 e. The van der Waals surface area contributed by atoms with Crippen LogP contribution in [0.3, 0.4) is 0 Å². The van der Waals surface area contributed by atoms with E-state index in [1.54, 1.807) is 12.1 Å². The molecule has 0 bridgehead atoms. The summed E-state index contributed by atoms with van der Waals surface area (Å²) < 4.78 is 28.0. The molecule has 1 aliphatic carbocycles. The van der Waals surface area contributed by atoms with Crippen LogP contribution in [0.25, 0.3) is 0 Å². The van der Waals surface area contributed by atoms with Crippen molar-refractivity contribution in [3.8, 4) is 0 Å². The molecule has 2 unspecified atom stereocenters. The van der Waals surface area contributed by atoms with Crippen LogP contribution in [0.15, 0.2) is 23.2 Å². The Labute approximate surface area is 127 Å². The molecule has 2 rings (SSSR count). The first-order valence-electron chi connectivity index (χ1n) is 7.75. The van der Waals surface area contributed by atoms with Crippen LogP contribution >= 0.6 is 0 Å². The number of pyridine rings is 1. The van der Waals surface area contributed by atoms with E-state index in [1.807, 2.05) is 6.92 Å². The highest BCUT2D eigenvalue weighted by Gasteiger charge is 2.26. The van der Waals surface area contributed by atoms with Gasteiger partial charge in [-0.05, 0) is 31.7 Å². The Morgan fingerprint density at radius 1 is 1.29 bits per heavy atom. The van der Waals surface area contributed by atoms with E-state index in [2.05, 4.69) is 21.9 Å². The Morgan fingerprint density at radius 3 is 2.81 bits per heavy atom. The lowest BCUT2D eigenvalue weighted by molar-refractivity contribution is 0.399. The third-order valence-corrected chi connectivity index (χ3v) is 5.56. The molecule has 0 aromatic carbocycles. The Balaban J connectivity index is 2.15. The van der Waals surface area contributed by atoms with Gasteiger partial charge >= 0.3 is 0 Å². The molecule has 1 aromatic heterocycles. The molecule has 0 saturated heterocycles. The lowest BCUT2D eigenvalue weighted by Crippen LogP contribution is -2.38. The molecule has 1 saturated carbocycles. The molecule has 1 heterocycles. The second-order valence-electron chi connectivity index (χ2n) is 5.75. The van der Waals surface area contributed by atoms with Crippen molar-refractivity contribution in [1.29, 1.82) is 0 Å². The van der Waals surface area contributed by atoms with E-state index in [0.717, 1.165) is 19.3 Å². The SMILES string of the molecule is CCNc1cc(S(=O)(=O)NC2CCCCCC2C)ccn1. The topological polar surface area (TPSA) is 71.1 Å². The van der Waals surface area contributed by atoms with Crippen molar-refractivity contribution in [2.75, 3.05) is 11.9 Å². The molecule has 1 fully saturated rings. The summed E-state index contributed by atoms with van der Waals surface area (Å²) in [5.41, 5.74) is 0. The maximum absolute atomic E-state index is 12.5. The lowest BCUT2D eigenvalue weighted by Gasteiger charge is -2.22. The molecule has 118 valence electrons. The minimum Gasteiger partial charge on any atom is -0.370 e. The number of hydrogen-bond acceptors (Lipinski definition) is 4. The van der Waals surface area contributed by atoms with Crippen molar-refractivity contribution in [1.82, 2.24) is 9.71 Å². The van der Waals surface area contributed by atoms with Gasteiger partial charge in [-0.15, -0.1) is 0 Å². The highest BCUT2D eigenvalue weighted by atomic mass is 32.2. The van der Waals surface area contributed by atoms with Crippen LogP contribution in [0.5, 0.6) is 0 Å². The van der Waals surface area contributed by atoms with E-state index in [-0.39, 0.29) is 10.9 Å². The third kappa shape index (κ3) is 4.41. The lowest BCUT2D eigenvalue weighted by atomic mass is 9.98. The molecule has 21 heavy (non-hydrogen) atoms. The number of rotatable bonds is 5. The quantitative estimate of drug-likeness (QED) is 0.820. The largest absolute Gasteiger partial charge is 0.370 e. The molecule has 0 aliphatic heterocycles. The number of nitrogens with one attached hydrogen (secondary N) is 2. The molecule has 1 aliphatic rings. The van der Waals surface area contributed by atoms with Crippen LogP contribution in [0.1, 0.15) is 46.0 Å². The van der Waals surface area contributed by atoms with Gasteiger partial charge in [0.2, 0.25) is 10.0 Å². The number of hydrogen-bond donors (Lipinski definition) is 2. The standard InChI is InChI=1S/C15H25N3O2S/c1-3-16-15-11-13(9-10-17-15)21(19,20)18-14-8-6-4-5-7-12(14)2/h9-12,14,18H,3-8H2,1-2H3,(H,16,17). The normalized spacial score (nSPS) is 23.5. The van der Waals surface area contributed by atoms with Crippen LogP contribution in [-0.2, 0) is 10.0 Å². The molecular weight excluding hydrogens is 286 g/mol. The molecular formula is C15H25N3O2S. The molecule has 2 atom stereocenters. The maximum atomic E-state index is 12.5. The summed E-state index contributed by atoms with van der Waals surface area (Å²) in [5.74, 6) is 0.978. The van der Waals surface area contributed by atoms with Crippen molar-refractivity contribution < 1.29 is 8.42 Å². The summed E-state index contributed by atoms with van der Waals surface area (Å²) in [6.45, 7) is 4.80. The predicted molar refractivity (Wildman–Crippen MR) is 84.8 cm³/mol. The van der Waals surface area contributed by atoms with Crippen LogP contribution in [0, 0.1) is 5.92 Å². The van der Waals surface area contributed by atoms with Crippen molar-refractivity contribution >= 4 is 15.8 Å². The molecule has 6 heteroatoms. The second-order valence-corrected chi connectivity index (χ2v) is 7.46. The first kappa shape index (κ1) is 16.2. The van der Waals surface area contributed by atoms with Gasteiger partial charge in [0.1, 0.15) is 5.82 Å². The van der Waals surface area contributed by atoms with Gasteiger partial charge in [0, 0.05) is 24.8 Å². The Bertz CT molecular complexity index is 560. The zero-order chi connectivity index (χ0) is 15.3. The van der Waals surface area contributed by atoms with Gasteiger partial charge in [0.25, 0.3) is 0 Å². The van der Waals surface area contributed by atoms with E-state index >= 15 is 0 Å². The van der Waals surface area contributed by atoms with E-state index in [4.69, 9.17) is 0 Å². The minimum absolute atomic E-state index is 0.0354. The molecule has 0 radical (unpaired) electrons. The average Bonchev–Trinajstić information content (AvgIpc) is 2.65. The van der Waals surface area contributed by atoms with Crippen molar-refractivity contribution in [3.63, 3.8) is 0 Å². The molecule has 1 aromatic rings. The Kier molecular flexibility index (Phi) is 5.58. The van der Waals surface area contributed by atoms with Crippen LogP contribution < -0.4 is 10.0 Å². The van der Waals surface area contributed by atoms with Gasteiger partial charge in [-0.1, -0.05) is 26.2 Å². The summed E-state index contributed by atoms with van der Waals surface area (Å²) in [4.78, 5) is 4.40. The fraction of sp³-hybridized carbons (Fsp3) is 0.667. The summed E-state index contributed by atoms with van der Waals surface area (Å²) in [6, 6.07) is 3.17. The summed E-state index contributed by atoms with van der Waals surface area (Å²) in [6.07, 6.45) is 7.03. The first-order valence-corrected chi connectivity index (χ1v) is 9.23. The highest BCUT2D eigenvalue weighted by molar-refractivity contribution is 7.89. The van der Waals surface area contributed by atoms with E-state index in [0.29, 0.717) is 18.3 Å². The van der Waals surface area contributed by atoms with Crippen LogP contribution in [0.4, 0.5) is 5.82 Å². The van der Waals surface area contributed by atoms with Gasteiger partial charge in [-0.2, -0.15) is 0 Å². The summed E-state index contributed by atoms with van der Waals surface area (Å²) >= 11 is 0. The van der Waals surface area contributed by atoms with E-state index in [1.165, 1.54) is 19.0 Å². The Morgan fingerprint density at radius 2 is 2.05 bits per heavy atom. The number of aromatic nitrogens is 1. The monoisotopic (exact) mass is 311 g/mol. The second kappa shape index (κ2) is 7.22. The first-order chi connectivity index (χ1) is 10.0. The number of sulfonamides is 1. The van der Waals surface area contributed by atoms with Crippen molar-refractivity contribution in [2.45, 2.75) is 56.9 Å². The number of anilines is 1. The molecule has 0 spiro atoms. The molecule has 2 N–H and O–H groups in total. The van der Waals surface area contributed by atoms with Gasteiger partial charge in [-0.25, -0.2) is 18.1 Å². The average molecular weight is 311 g/mol. The third-order valence-electron chi connectivity index (χ3n) is 4.07. The van der Waals surface area contributed by atoms with Crippen LogP contribution in [0.2, 0.25) is 0 Å². The summed E-state index contributed by atoms with van der Waals surface area (Å²) in [5, 5.41) is 3.04.